The van der Waals surface area contributed by atoms with Gasteiger partial charge in [0.1, 0.15) is 0 Å². The fraction of sp³-hybridized carbons (Fsp3) is 0.176. The van der Waals surface area contributed by atoms with Gasteiger partial charge in [0.25, 0.3) is 0 Å². The molecule has 2 aromatic heterocycles. The lowest BCUT2D eigenvalue weighted by molar-refractivity contribution is 0.0688. The topological polar surface area (TPSA) is 92.9 Å². The average molecular weight is 356 g/mol. The summed E-state index contributed by atoms with van der Waals surface area (Å²) >= 11 is 5.89. The fourth-order valence-electron chi connectivity index (χ4n) is 3.05. The maximum atomic E-state index is 11.4. The highest BCUT2D eigenvalue weighted by atomic mass is 35.5. The highest BCUT2D eigenvalue weighted by molar-refractivity contribution is 6.30. The molecule has 25 heavy (non-hydrogen) atoms. The summed E-state index contributed by atoms with van der Waals surface area (Å²) in [7, 11) is 1.73. The Balaban J connectivity index is 1.76. The minimum absolute atomic E-state index is 0.0916. The normalized spacial score (nSPS) is 12.4. The van der Waals surface area contributed by atoms with Gasteiger partial charge >= 0.3 is 5.97 Å². The summed E-state index contributed by atoms with van der Waals surface area (Å²) in [6.07, 6.45) is 3.08. The number of halogens is 1. The summed E-state index contributed by atoms with van der Waals surface area (Å²) in [5, 5.41) is 17.3. The van der Waals surface area contributed by atoms with Crippen LogP contribution in [0.4, 0.5) is 11.6 Å². The third-order valence-corrected chi connectivity index (χ3v) is 4.43. The second-order valence-corrected chi connectivity index (χ2v) is 6.24. The van der Waals surface area contributed by atoms with Gasteiger partial charge in [-0.3, -0.25) is 4.68 Å². The Bertz CT molecular complexity index is 981. The zero-order valence-corrected chi connectivity index (χ0v) is 14.1. The standard InChI is InChI=1S/C17H14ClN5O2/c1-23-15-12(14(22-23)16(24)25)7-2-9-8-19-17(21-13(9)15)20-11-5-3-10(18)4-6-11/h3-6,8H,2,7H2,1H3,(H,24,25)(H,19,20,21). The van der Waals surface area contributed by atoms with Crippen LogP contribution < -0.4 is 5.32 Å². The van der Waals surface area contributed by atoms with Crippen LogP contribution in [0.15, 0.2) is 30.5 Å². The highest BCUT2D eigenvalue weighted by Crippen LogP contribution is 2.34. The van der Waals surface area contributed by atoms with E-state index >= 15 is 0 Å². The van der Waals surface area contributed by atoms with Gasteiger partial charge in [0, 0.05) is 29.5 Å². The van der Waals surface area contributed by atoms with Gasteiger partial charge in [0.2, 0.25) is 5.95 Å². The smallest absolute Gasteiger partial charge is 0.356 e. The predicted molar refractivity (Wildman–Crippen MR) is 93.3 cm³/mol. The number of fused-ring (bicyclic) bond motifs is 3. The van der Waals surface area contributed by atoms with Crippen molar-refractivity contribution in [3.63, 3.8) is 0 Å². The molecule has 0 saturated carbocycles. The summed E-state index contributed by atoms with van der Waals surface area (Å²) in [5.74, 6) is -0.583. The van der Waals surface area contributed by atoms with Crippen LogP contribution in [0.5, 0.6) is 0 Å². The quantitative estimate of drug-likeness (QED) is 0.750. The Labute approximate surface area is 148 Å². The van der Waals surface area contributed by atoms with E-state index in [4.69, 9.17) is 11.6 Å². The number of nitrogens with one attached hydrogen (secondary N) is 1. The van der Waals surface area contributed by atoms with E-state index < -0.39 is 5.97 Å². The first-order chi connectivity index (χ1) is 12.0. The maximum Gasteiger partial charge on any atom is 0.356 e. The lowest BCUT2D eigenvalue weighted by Crippen LogP contribution is -2.11. The number of rotatable bonds is 3. The maximum absolute atomic E-state index is 11.4. The first-order valence-corrected chi connectivity index (χ1v) is 8.09. The number of aromatic nitrogens is 4. The molecule has 4 rings (SSSR count). The van der Waals surface area contributed by atoms with E-state index in [1.165, 1.54) is 0 Å². The third-order valence-electron chi connectivity index (χ3n) is 4.18. The van der Waals surface area contributed by atoms with Crippen LogP contribution in [0.3, 0.4) is 0 Å². The Kier molecular flexibility index (Phi) is 3.65. The molecule has 2 N–H and O–H groups in total. The molecular formula is C17H14ClN5O2. The highest BCUT2D eigenvalue weighted by Gasteiger charge is 2.28. The number of hydrogen-bond donors (Lipinski definition) is 2. The van der Waals surface area contributed by atoms with Gasteiger partial charge in [0.15, 0.2) is 5.69 Å². The number of carbonyl (C=O) groups is 1. The Morgan fingerprint density at radius 1 is 1.28 bits per heavy atom. The number of anilines is 2. The molecule has 0 spiro atoms. The Hall–Kier alpha value is -2.93. The minimum atomic E-state index is -1.02. The van der Waals surface area contributed by atoms with Crippen molar-refractivity contribution in [2.24, 2.45) is 7.05 Å². The van der Waals surface area contributed by atoms with Gasteiger partial charge in [-0.25, -0.2) is 14.8 Å². The summed E-state index contributed by atoms with van der Waals surface area (Å²) in [6.45, 7) is 0. The zero-order valence-electron chi connectivity index (χ0n) is 13.3. The van der Waals surface area contributed by atoms with Gasteiger partial charge in [-0.05, 0) is 42.7 Å². The van der Waals surface area contributed by atoms with Crippen LogP contribution in [0.2, 0.25) is 5.02 Å². The predicted octanol–water partition coefficient (Wildman–Crippen LogP) is 3.07. The van der Waals surface area contributed by atoms with Crippen LogP contribution in [-0.4, -0.2) is 30.8 Å². The minimum Gasteiger partial charge on any atom is -0.476 e. The molecule has 0 atom stereocenters. The largest absolute Gasteiger partial charge is 0.476 e. The molecule has 0 fully saturated rings. The van der Waals surface area contributed by atoms with E-state index in [1.807, 2.05) is 12.1 Å². The number of aromatic carboxylic acids is 1. The van der Waals surface area contributed by atoms with Gasteiger partial charge in [-0.2, -0.15) is 5.10 Å². The number of nitrogens with zero attached hydrogens (tertiary/aromatic N) is 4. The molecule has 2 heterocycles. The van der Waals surface area contributed by atoms with E-state index in [1.54, 1.807) is 30.1 Å². The van der Waals surface area contributed by atoms with E-state index in [0.29, 0.717) is 23.8 Å². The first kappa shape index (κ1) is 15.6. The van der Waals surface area contributed by atoms with Gasteiger partial charge in [-0.1, -0.05) is 11.6 Å². The lowest BCUT2D eigenvalue weighted by Gasteiger charge is -2.17. The second kappa shape index (κ2) is 5.86. The van der Waals surface area contributed by atoms with Crippen molar-refractivity contribution in [1.29, 1.82) is 0 Å². The van der Waals surface area contributed by atoms with Crippen molar-refractivity contribution in [2.75, 3.05) is 5.32 Å². The average Bonchev–Trinajstić information content (AvgIpc) is 2.94. The van der Waals surface area contributed by atoms with Crippen LogP contribution in [0.25, 0.3) is 11.4 Å². The summed E-state index contributed by atoms with van der Waals surface area (Å²) in [4.78, 5) is 20.4. The second-order valence-electron chi connectivity index (χ2n) is 5.80. The van der Waals surface area contributed by atoms with E-state index in [0.717, 1.165) is 28.2 Å². The summed E-state index contributed by atoms with van der Waals surface area (Å²) in [5.41, 5.74) is 4.06. The SMILES string of the molecule is Cn1nc(C(=O)O)c2c1-c1nc(Nc3ccc(Cl)cc3)ncc1CC2. The first-order valence-electron chi connectivity index (χ1n) is 7.71. The molecule has 3 aromatic rings. The van der Waals surface area contributed by atoms with E-state index in [9.17, 15) is 9.90 Å². The molecule has 0 aliphatic heterocycles. The molecule has 0 unspecified atom stereocenters. The molecule has 0 saturated heterocycles. The molecule has 1 aliphatic carbocycles. The number of carboxylic acids is 1. The molecular weight excluding hydrogens is 342 g/mol. The van der Waals surface area contributed by atoms with Crippen LogP contribution >= 0.6 is 11.6 Å². The lowest BCUT2D eigenvalue weighted by atomic mass is 9.93. The van der Waals surface area contributed by atoms with Gasteiger partial charge in [-0.15, -0.1) is 0 Å². The molecule has 0 amide bonds. The Morgan fingerprint density at radius 2 is 2.04 bits per heavy atom. The number of benzene rings is 1. The number of aryl methyl sites for hydroxylation is 2. The number of carboxylic acid groups (broad SMARTS) is 1. The monoisotopic (exact) mass is 355 g/mol. The molecule has 7 nitrogen and oxygen atoms in total. The van der Waals surface area contributed by atoms with Crippen LogP contribution in [0.1, 0.15) is 21.6 Å². The van der Waals surface area contributed by atoms with Crippen molar-refractivity contribution < 1.29 is 9.90 Å². The number of hydrogen-bond acceptors (Lipinski definition) is 5. The van der Waals surface area contributed by atoms with Crippen molar-refractivity contribution in [3.8, 4) is 11.4 Å². The molecule has 1 aromatic carbocycles. The van der Waals surface area contributed by atoms with Gasteiger partial charge in [0.05, 0.1) is 11.4 Å². The van der Waals surface area contributed by atoms with E-state index in [-0.39, 0.29) is 5.69 Å². The molecule has 0 radical (unpaired) electrons. The fourth-order valence-corrected chi connectivity index (χ4v) is 3.18. The molecule has 1 aliphatic rings. The van der Waals surface area contributed by atoms with Crippen molar-refractivity contribution in [1.82, 2.24) is 19.7 Å². The summed E-state index contributed by atoms with van der Waals surface area (Å²) in [6, 6.07) is 7.23. The van der Waals surface area contributed by atoms with Gasteiger partial charge < -0.3 is 10.4 Å². The molecule has 126 valence electrons. The van der Waals surface area contributed by atoms with E-state index in [2.05, 4.69) is 20.4 Å². The van der Waals surface area contributed by atoms with Crippen LogP contribution in [-0.2, 0) is 19.9 Å². The zero-order chi connectivity index (χ0) is 17.6. The summed E-state index contributed by atoms with van der Waals surface area (Å²) < 4.78 is 1.58. The van der Waals surface area contributed by atoms with Crippen LogP contribution in [0, 0.1) is 0 Å². The molecule has 8 heteroatoms. The third kappa shape index (κ3) is 2.72. The van der Waals surface area contributed by atoms with Crippen molar-refractivity contribution in [2.45, 2.75) is 12.8 Å². The van der Waals surface area contributed by atoms with Crippen molar-refractivity contribution >= 4 is 29.2 Å². The van der Waals surface area contributed by atoms with Crippen molar-refractivity contribution in [3.05, 3.63) is 52.3 Å². The Morgan fingerprint density at radius 3 is 2.76 bits per heavy atom. The molecule has 0 bridgehead atoms.